The highest BCUT2D eigenvalue weighted by molar-refractivity contribution is 5.82. The molecule has 154 valence electrons. The first-order valence-corrected chi connectivity index (χ1v) is 10.2. The molecule has 2 aliphatic heterocycles. The maximum atomic E-state index is 12.9. The Morgan fingerprint density at radius 3 is 2.64 bits per heavy atom. The van der Waals surface area contributed by atoms with Crippen LogP contribution < -0.4 is 5.32 Å². The smallest absolute Gasteiger partial charge is 0.237 e. The molecule has 6 nitrogen and oxygen atoms in total. The quantitative estimate of drug-likeness (QED) is 0.797. The molecule has 28 heavy (non-hydrogen) atoms. The summed E-state index contributed by atoms with van der Waals surface area (Å²) in [7, 11) is 0. The van der Waals surface area contributed by atoms with Gasteiger partial charge in [0, 0.05) is 26.2 Å². The average molecular weight is 391 g/mol. The Morgan fingerprint density at radius 1 is 1.21 bits per heavy atom. The zero-order valence-electron chi connectivity index (χ0n) is 16.5. The molecule has 2 aliphatic rings. The molecule has 0 saturated carbocycles. The molecule has 0 aliphatic carbocycles. The predicted molar refractivity (Wildman–Crippen MR) is 104 cm³/mol. The van der Waals surface area contributed by atoms with Gasteiger partial charge in [-0.25, -0.2) is 4.39 Å². The standard InChI is InChI=1S/C21H30FN3O3/c1-16(20(26)23-9-8-17-4-6-19(22)7-5-17)25-10-2-3-18(15-25)21(27)24-11-13-28-14-12-24/h4-7,16,18H,2-3,8-15H2,1H3,(H,23,26). The number of nitrogens with zero attached hydrogens (tertiary/aromatic N) is 2. The lowest BCUT2D eigenvalue weighted by Gasteiger charge is -2.38. The van der Waals surface area contributed by atoms with Gasteiger partial charge in [-0.2, -0.15) is 0 Å². The number of piperidine rings is 1. The number of carbonyl (C=O) groups is 2. The van der Waals surface area contributed by atoms with Crippen molar-refractivity contribution in [2.45, 2.75) is 32.2 Å². The number of likely N-dealkylation sites (tertiary alicyclic amines) is 1. The summed E-state index contributed by atoms with van der Waals surface area (Å²) in [5.74, 6) is -0.132. The highest BCUT2D eigenvalue weighted by Gasteiger charge is 2.33. The van der Waals surface area contributed by atoms with Gasteiger partial charge in [0.2, 0.25) is 11.8 Å². The summed E-state index contributed by atoms with van der Waals surface area (Å²) in [6.45, 7) is 6.41. The molecule has 3 rings (SSSR count). The van der Waals surface area contributed by atoms with E-state index in [1.54, 1.807) is 12.1 Å². The second-order valence-corrected chi connectivity index (χ2v) is 7.62. The molecule has 2 unspecified atom stereocenters. The Balaban J connectivity index is 1.45. The van der Waals surface area contributed by atoms with Gasteiger partial charge in [0.1, 0.15) is 5.82 Å². The van der Waals surface area contributed by atoms with Crippen molar-refractivity contribution in [3.63, 3.8) is 0 Å². The van der Waals surface area contributed by atoms with E-state index in [4.69, 9.17) is 4.74 Å². The van der Waals surface area contributed by atoms with Gasteiger partial charge in [0.15, 0.2) is 0 Å². The maximum Gasteiger partial charge on any atom is 0.237 e. The molecule has 0 aromatic heterocycles. The molecule has 2 heterocycles. The van der Waals surface area contributed by atoms with Gasteiger partial charge in [0.05, 0.1) is 25.2 Å². The third kappa shape index (κ3) is 5.52. The minimum Gasteiger partial charge on any atom is -0.378 e. The van der Waals surface area contributed by atoms with Crippen LogP contribution >= 0.6 is 0 Å². The van der Waals surface area contributed by atoms with Crippen LogP contribution in [0.1, 0.15) is 25.3 Å². The number of carbonyl (C=O) groups excluding carboxylic acids is 2. The first-order chi connectivity index (χ1) is 13.5. The van der Waals surface area contributed by atoms with Gasteiger partial charge in [-0.1, -0.05) is 12.1 Å². The number of nitrogens with one attached hydrogen (secondary N) is 1. The number of hydrogen-bond donors (Lipinski definition) is 1. The van der Waals surface area contributed by atoms with Crippen LogP contribution in [0.15, 0.2) is 24.3 Å². The van der Waals surface area contributed by atoms with Crippen LogP contribution in [0, 0.1) is 11.7 Å². The zero-order chi connectivity index (χ0) is 19.9. The van der Waals surface area contributed by atoms with E-state index in [0.717, 1.165) is 24.9 Å². The molecule has 1 aromatic carbocycles. The van der Waals surface area contributed by atoms with Crippen LogP contribution in [0.5, 0.6) is 0 Å². The van der Waals surface area contributed by atoms with Crippen molar-refractivity contribution in [1.82, 2.24) is 15.1 Å². The molecule has 0 bridgehead atoms. The number of halogens is 1. The monoisotopic (exact) mass is 391 g/mol. The van der Waals surface area contributed by atoms with E-state index in [1.165, 1.54) is 12.1 Å². The average Bonchev–Trinajstić information content (AvgIpc) is 2.74. The lowest BCUT2D eigenvalue weighted by Crippen LogP contribution is -2.53. The van der Waals surface area contributed by atoms with Crippen molar-refractivity contribution in [3.8, 4) is 0 Å². The maximum absolute atomic E-state index is 12.9. The van der Waals surface area contributed by atoms with Crippen molar-refractivity contribution in [3.05, 3.63) is 35.6 Å². The van der Waals surface area contributed by atoms with Crippen LogP contribution in [0.2, 0.25) is 0 Å². The van der Waals surface area contributed by atoms with Crippen molar-refractivity contribution in [1.29, 1.82) is 0 Å². The van der Waals surface area contributed by atoms with Crippen molar-refractivity contribution in [2.24, 2.45) is 5.92 Å². The largest absolute Gasteiger partial charge is 0.378 e. The fourth-order valence-electron chi connectivity index (χ4n) is 3.90. The van der Waals surface area contributed by atoms with Crippen LogP contribution in [0.3, 0.4) is 0 Å². The van der Waals surface area contributed by atoms with Gasteiger partial charge in [-0.15, -0.1) is 0 Å². The second kappa shape index (κ2) is 9.98. The highest BCUT2D eigenvalue weighted by atomic mass is 19.1. The van der Waals surface area contributed by atoms with Crippen LogP contribution in [-0.2, 0) is 20.7 Å². The summed E-state index contributed by atoms with van der Waals surface area (Å²) < 4.78 is 18.3. The van der Waals surface area contributed by atoms with Gasteiger partial charge in [-0.05, 0) is 50.4 Å². The molecule has 7 heteroatoms. The fourth-order valence-corrected chi connectivity index (χ4v) is 3.90. The molecule has 1 aromatic rings. The Labute approximate surface area is 166 Å². The normalized spacial score (nSPS) is 21.9. The summed E-state index contributed by atoms with van der Waals surface area (Å²) in [6, 6.07) is 6.06. The first kappa shape index (κ1) is 20.7. The summed E-state index contributed by atoms with van der Waals surface area (Å²) in [4.78, 5) is 29.3. The number of hydrogen-bond acceptors (Lipinski definition) is 4. The first-order valence-electron chi connectivity index (χ1n) is 10.2. The van der Waals surface area contributed by atoms with Crippen molar-refractivity contribution >= 4 is 11.8 Å². The second-order valence-electron chi connectivity index (χ2n) is 7.62. The molecule has 1 N–H and O–H groups in total. The molecule has 0 radical (unpaired) electrons. The molecule has 2 amide bonds. The van der Waals surface area contributed by atoms with E-state index in [0.29, 0.717) is 45.8 Å². The SMILES string of the molecule is CC(C(=O)NCCc1ccc(F)cc1)N1CCCC(C(=O)N2CCOCC2)C1. The summed E-state index contributed by atoms with van der Waals surface area (Å²) >= 11 is 0. The number of benzene rings is 1. The van der Waals surface area contributed by atoms with Crippen molar-refractivity contribution in [2.75, 3.05) is 45.9 Å². The van der Waals surface area contributed by atoms with E-state index in [2.05, 4.69) is 10.2 Å². The summed E-state index contributed by atoms with van der Waals surface area (Å²) in [6.07, 6.45) is 2.47. The summed E-state index contributed by atoms with van der Waals surface area (Å²) in [5, 5.41) is 2.96. The molecular weight excluding hydrogens is 361 g/mol. The van der Waals surface area contributed by atoms with E-state index >= 15 is 0 Å². The molecule has 2 fully saturated rings. The van der Waals surface area contributed by atoms with Gasteiger partial charge < -0.3 is 15.0 Å². The molecular formula is C21H30FN3O3. The minimum atomic E-state index is -0.270. The van der Waals surface area contributed by atoms with E-state index in [-0.39, 0.29) is 29.6 Å². The van der Waals surface area contributed by atoms with E-state index in [1.807, 2.05) is 11.8 Å². The fraction of sp³-hybridized carbons (Fsp3) is 0.619. The van der Waals surface area contributed by atoms with Crippen LogP contribution in [-0.4, -0.2) is 73.6 Å². The Bertz CT molecular complexity index is 661. The predicted octanol–water partition coefficient (Wildman–Crippen LogP) is 1.44. The molecule has 0 spiro atoms. The van der Waals surface area contributed by atoms with Crippen LogP contribution in [0.4, 0.5) is 4.39 Å². The minimum absolute atomic E-state index is 0.0263. The number of ether oxygens (including phenoxy) is 1. The Hall–Kier alpha value is -1.99. The topological polar surface area (TPSA) is 61.9 Å². The van der Waals surface area contributed by atoms with Crippen molar-refractivity contribution < 1.29 is 18.7 Å². The van der Waals surface area contributed by atoms with E-state index < -0.39 is 0 Å². The van der Waals surface area contributed by atoms with Crippen LogP contribution in [0.25, 0.3) is 0 Å². The lowest BCUT2D eigenvalue weighted by atomic mass is 9.95. The lowest BCUT2D eigenvalue weighted by molar-refractivity contribution is -0.142. The van der Waals surface area contributed by atoms with Gasteiger partial charge >= 0.3 is 0 Å². The Morgan fingerprint density at radius 2 is 1.93 bits per heavy atom. The third-order valence-corrected chi connectivity index (χ3v) is 5.68. The number of amides is 2. The number of morpholine rings is 1. The molecule has 2 atom stereocenters. The third-order valence-electron chi connectivity index (χ3n) is 5.68. The Kier molecular flexibility index (Phi) is 7.39. The number of rotatable bonds is 6. The molecule has 2 saturated heterocycles. The highest BCUT2D eigenvalue weighted by Crippen LogP contribution is 2.21. The zero-order valence-corrected chi connectivity index (χ0v) is 16.5. The summed E-state index contributed by atoms with van der Waals surface area (Å²) in [5.41, 5.74) is 0.989. The van der Waals surface area contributed by atoms with E-state index in [9.17, 15) is 14.0 Å². The van der Waals surface area contributed by atoms with Gasteiger partial charge in [0.25, 0.3) is 0 Å². The van der Waals surface area contributed by atoms with Gasteiger partial charge in [-0.3, -0.25) is 14.5 Å².